The molecule has 7 nitrogen and oxygen atoms in total. The van der Waals surface area contributed by atoms with E-state index in [0.717, 1.165) is 88.8 Å². The summed E-state index contributed by atoms with van der Waals surface area (Å²) in [5.41, 5.74) is 14.6. The SMILES string of the molecule is c1ccc(-c2nc(-c3ccccc3)nc(-c3cc(-c4ccncc4)ccc3-n3c4cc(-n5c6ccccc6c6ccccc65)ccc4c4ccc(-n5c6ccccc6c6ccccc65)cc43)n2)cc1. The number of fused-ring (bicyclic) bond motifs is 9. The van der Waals surface area contributed by atoms with E-state index in [1.165, 1.54) is 21.5 Å². The highest BCUT2D eigenvalue weighted by molar-refractivity contribution is 6.14. The molecule has 0 radical (unpaired) electrons. The normalized spacial score (nSPS) is 11.8. The van der Waals surface area contributed by atoms with E-state index in [0.29, 0.717) is 17.5 Å². The van der Waals surface area contributed by atoms with Crippen molar-refractivity contribution in [2.75, 3.05) is 0 Å². The molecule has 14 rings (SSSR count). The smallest absolute Gasteiger partial charge is 0.166 e. The number of benzene rings is 9. The van der Waals surface area contributed by atoms with Crippen LogP contribution in [-0.4, -0.2) is 33.6 Å². The van der Waals surface area contributed by atoms with Crippen molar-refractivity contribution in [3.05, 3.63) is 237 Å². The van der Waals surface area contributed by atoms with Gasteiger partial charge in [0.25, 0.3) is 0 Å². The van der Waals surface area contributed by atoms with Crippen molar-refractivity contribution in [2.24, 2.45) is 0 Å². The third-order valence-corrected chi connectivity index (χ3v) is 13.6. The fourth-order valence-electron chi connectivity index (χ4n) is 10.5. The van der Waals surface area contributed by atoms with Crippen LogP contribution in [0.4, 0.5) is 0 Å². The lowest BCUT2D eigenvalue weighted by molar-refractivity contribution is 1.06. The molecule has 0 amide bonds. The molecule has 5 heterocycles. The summed E-state index contributed by atoms with van der Waals surface area (Å²) >= 11 is 0. The molecule has 0 saturated heterocycles. The highest BCUT2D eigenvalue weighted by Gasteiger charge is 2.23. The lowest BCUT2D eigenvalue weighted by Gasteiger charge is -2.17. The Hall–Kier alpha value is -9.46. The summed E-state index contributed by atoms with van der Waals surface area (Å²) in [6.45, 7) is 0. The minimum atomic E-state index is 0.570. The zero-order valence-corrected chi connectivity index (χ0v) is 37.1. The van der Waals surface area contributed by atoms with E-state index in [1.807, 2.05) is 60.9 Å². The zero-order chi connectivity index (χ0) is 45.4. The van der Waals surface area contributed by atoms with E-state index in [1.54, 1.807) is 0 Å². The first-order chi connectivity index (χ1) is 34.2. The molecule has 69 heavy (non-hydrogen) atoms. The van der Waals surface area contributed by atoms with Gasteiger partial charge in [0, 0.05) is 72.8 Å². The lowest BCUT2D eigenvalue weighted by Crippen LogP contribution is -2.04. The number of para-hydroxylation sites is 4. The van der Waals surface area contributed by atoms with Crippen molar-refractivity contribution in [1.82, 2.24) is 33.6 Å². The van der Waals surface area contributed by atoms with Crippen molar-refractivity contribution >= 4 is 65.4 Å². The van der Waals surface area contributed by atoms with Crippen LogP contribution >= 0.6 is 0 Å². The molecule has 0 fully saturated rings. The Labute approximate surface area is 396 Å². The second-order valence-corrected chi connectivity index (χ2v) is 17.5. The monoisotopic (exact) mass is 881 g/mol. The van der Waals surface area contributed by atoms with Gasteiger partial charge in [0.1, 0.15) is 0 Å². The molecule has 0 atom stereocenters. The minimum Gasteiger partial charge on any atom is -0.309 e. The summed E-state index contributed by atoms with van der Waals surface area (Å²) in [4.78, 5) is 20.2. The summed E-state index contributed by atoms with van der Waals surface area (Å²) in [7, 11) is 0. The molecule has 9 aromatic carbocycles. The van der Waals surface area contributed by atoms with Gasteiger partial charge in [-0.1, -0.05) is 152 Å². The Bertz CT molecular complexity index is 3970. The quantitative estimate of drug-likeness (QED) is 0.160. The molecule has 0 aliphatic heterocycles. The first-order valence-corrected chi connectivity index (χ1v) is 23.2. The predicted molar refractivity (Wildman–Crippen MR) is 282 cm³/mol. The third-order valence-electron chi connectivity index (χ3n) is 13.6. The molecule has 0 aliphatic carbocycles. The Morgan fingerprint density at radius 3 is 1.13 bits per heavy atom. The van der Waals surface area contributed by atoms with Crippen molar-refractivity contribution in [1.29, 1.82) is 0 Å². The van der Waals surface area contributed by atoms with E-state index >= 15 is 0 Å². The molecule has 0 bridgehead atoms. The van der Waals surface area contributed by atoms with Gasteiger partial charge in [0.05, 0.1) is 38.8 Å². The molecule has 0 unspecified atom stereocenters. The fraction of sp³-hybridized carbons (Fsp3) is 0. The predicted octanol–water partition coefficient (Wildman–Crippen LogP) is 15.2. The number of rotatable bonds is 7. The highest BCUT2D eigenvalue weighted by Crippen LogP contribution is 2.42. The van der Waals surface area contributed by atoms with E-state index in [2.05, 4.69) is 195 Å². The average molecular weight is 882 g/mol. The first kappa shape index (κ1) is 38.8. The van der Waals surface area contributed by atoms with E-state index in [9.17, 15) is 0 Å². The fourth-order valence-corrected chi connectivity index (χ4v) is 10.5. The van der Waals surface area contributed by atoms with Crippen LogP contribution in [0, 0.1) is 0 Å². The van der Waals surface area contributed by atoms with Gasteiger partial charge in [-0.3, -0.25) is 4.98 Å². The minimum absolute atomic E-state index is 0.570. The topological polar surface area (TPSA) is 66.3 Å². The second-order valence-electron chi connectivity index (χ2n) is 17.5. The molecular weight excluding hydrogens is 843 g/mol. The summed E-state index contributed by atoms with van der Waals surface area (Å²) in [5.74, 6) is 1.77. The second kappa shape index (κ2) is 15.6. The number of pyridine rings is 1. The van der Waals surface area contributed by atoms with Crippen LogP contribution in [0.1, 0.15) is 0 Å². The van der Waals surface area contributed by atoms with Gasteiger partial charge < -0.3 is 13.7 Å². The number of hydrogen-bond acceptors (Lipinski definition) is 4. The standard InChI is InChI=1S/C62H39N7/c1-3-15-41(16-4-1)60-64-61(42-17-5-2-6-18-42)66-62(65-60)52-37-43(40-33-35-63-36-34-40)27-32-57(52)69-58-38-44(67-53-23-11-7-19-46(53)47-20-8-12-24-54(47)67)28-30-50(58)51-31-29-45(39-59(51)69)68-55-25-13-9-21-48(55)49-22-10-14-26-56(49)68/h1-39H. The molecule has 0 N–H and O–H groups in total. The van der Waals surface area contributed by atoms with Crippen LogP contribution < -0.4 is 0 Å². The molecule has 0 saturated carbocycles. The highest BCUT2D eigenvalue weighted by atomic mass is 15.1. The van der Waals surface area contributed by atoms with Gasteiger partial charge in [-0.05, 0) is 83.9 Å². The van der Waals surface area contributed by atoms with E-state index in [-0.39, 0.29) is 0 Å². The van der Waals surface area contributed by atoms with Gasteiger partial charge in [0.2, 0.25) is 0 Å². The van der Waals surface area contributed by atoms with Crippen LogP contribution in [0.25, 0.3) is 128 Å². The molecule has 7 heteroatoms. The Morgan fingerprint density at radius 1 is 0.261 bits per heavy atom. The maximum absolute atomic E-state index is 5.36. The van der Waals surface area contributed by atoms with Crippen molar-refractivity contribution in [3.63, 3.8) is 0 Å². The van der Waals surface area contributed by atoms with Crippen LogP contribution in [0.2, 0.25) is 0 Å². The summed E-state index contributed by atoms with van der Waals surface area (Å²) in [6, 6.07) is 79.7. The maximum Gasteiger partial charge on any atom is 0.166 e. The van der Waals surface area contributed by atoms with Gasteiger partial charge in [-0.2, -0.15) is 0 Å². The largest absolute Gasteiger partial charge is 0.309 e. The zero-order valence-electron chi connectivity index (χ0n) is 37.1. The molecule has 322 valence electrons. The van der Waals surface area contributed by atoms with Crippen LogP contribution in [-0.2, 0) is 0 Å². The molecular formula is C62H39N7. The first-order valence-electron chi connectivity index (χ1n) is 23.2. The summed E-state index contributed by atoms with van der Waals surface area (Å²) in [5, 5.41) is 7.15. The summed E-state index contributed by atoms with van der Waals surface area (Å²) in [6.07, 6.45) is 3.68. The van der Waals surface area contributed by atoms with E-state index < -0.39 is 0 Å². The van der Waals surface area contributed by atoms with Gasteiger partial charge in [-0.15, -0.1) is 0 Å². The average Bonchev–Trinajstić information content (AvgIpc) is 4.06. The molecule has 0 spiro atoms. The number of nitrogens with zero attached hydrogens (tertiary/aromatic N) is 7. The van der Waals surface area contributed by atoms with Gasteiger partial charge in [-0.25, -0.2) is 15.0 Å². The third kappa shape index (κ3) is 6.21. The Morgan fingerprint density at radius 2 is 0.667 bits per heavy atom. The van der Waals surface area contributed by atoms with Crippen LogP contribution in [0.5, 0.6) is 0 Å². The van der Waals surface area contributed by atoms with Crippen LogP contribution in [0.3, 0.4) is 0 Å². The number of aromatic nitrogens is 7. The summed E-state index contributed by atoms with van der Waals surface area (Å²) < 4.78 is 7.22. The molecule has 0 aliphatic rings. The molecule has 5 aromatic heterocycles. The van der Waals surface area contributed by atoms with Crippen molar-refractivity contribution < 1.29 is 0 Å². The van der Waals surface area contributed by atoms with Crippen molar-refractivity contribution in [3.8, 4) is 62.4 Å². The lowest BCUT2D eigenvalue weighted by atomic mass is 10.0. The van der Waals surface area contributed by atoms with Crippen LogP contribution in [0.15, 0.2) is 237 Å². The maximum atomic E-state index is 5.36. The van der Waals surface area contributed by atoms with Gasteiger partial charge in [0.15, 0.2) is 17.5 Å². The van der Waals surface area contributed by atoms with E-state index in [4.69, 9.17) is 15.0 Å². The Kier molecular flexibility index (Phi) is 8.75. The Balaban J connectivity index is 1.11. The van der Waals surface area contributed by atoms with Gasteiger partial charge >= 0.3 is 0 Å². The number of hydrogen-bond donors (Lipinski definition) is 0. The van der Waals surface area contributed by atoms with Crippen molar-refractivity contribution in [2.45, 2.75) is 0 Å². The molecule has 14 aromatic rings.